The second kappa shape index (κ2) is 5.62. The van der Waals surface area contributed by atoms with E-state index in [0.29, 0.717) is 17.5 Å². The SMILES string of the molecule is CSCc1noc(CC(O)CC#N)n1. The van der Waals surface area contributed by atoms with Gasteiger partial charge in [-0.25, -0.2) is 0 Å². The Hall–Kier alpha value is -1.06. The molecule has 1 aromatic rings. The molecule has 1 atom stereocenters. The fourth-order valence-electron chi connectivity index (χ4n) is 0.940. The van der Waals surface area contributed by atoms with E-state index < -0.39 is 6.10 Å². The van der Waals surface area contributed by atoms with Crippen molar-refractivity contribution in [2.24, 2.45) is 0 Å². The molecule has 0 aliphatic carbocycles. The standard InChI is InChI=1S/C8H11N3O2S/c1-14-5-7-10-8(13-11-7)4-6(12)2-3-9/h6,12H,2,4-5H2,1H3. The van der Waals surface area contributed by atoms with Gasteiger partial charge < -0.3 is 9.63 Å². The normalized spacial score (nSPS) is 12.4. The van der Waals surface area contributed by atoms with Gasteiger partial charge in [-0.15, -0.1) is 0 Å². The lowest BCUT2D eigenvalue weighted by Crippen LogP contribution is -2.09. The zero-order valence-corrected chi connectivity index (χ0v) is 8.62. The van der Waals surface area contributed by atoms with Gasteiger partial charge in [-0.2, -0.15) is 22.0 Å². The van der Waals surface area contributed by atoms with Crippen LogP contribution in [0.3, 0.4) is 0 Å². The van der Waals surface area contributed by atoms with Crippen molar-refractivity contribution in [3.63, 3.8) is 0 Å². The Morgan fingerprint density at radius 1 is 1.71 bits per heavy atom. The lowest BCUT2D eigenvalue weighted by Gasteiger charge is -1.99. The van der Waals surface area contributed by atoms with Gasteiger partial charge in [-0.05, 0) is 6.26 Å². The number of hydrogen-bond donors (Lipinski definition) is 1. The Morgan fingerprint density at radius 3 is 3.14 bits per heavy atom. The molecule has 0 saturated heterocycles. The predicted octanol–water partition coefficient (Wildman–Crippen LogP) is 0.750. The van der Waals surface area contributed by atoms with Crippen LogP contribution in [0.15, 0.2) is 4.52 Å². The van der Waals surface area contributed by atoms with Gasteiger partial charge in [0.05, 0.1) is 30.8 Å². The van der Waals surface area contributed by atoms with E-state index >= 15 is 0 Å². The second-order valence-corrected chi connectivity index (χ2v) is 3.62. The first-order chi connectivity index (χ1) is 6.76. The summed E-state index contributed by atoms with van der Waals surface area (Å²) in [6.45, 7) is 0. The van der Waals surface area contributed by atoms with E-state index in [0.717, 1.165) is 0 Å². The minimum Gasteiger partial charge on any atom is -0.392 e. The summed E-state index contributed by atoms with van der Waals surface area (Å²) in [5, 5.41) is 21.3. The molecule has 6 heteroatoms. The third kappa shape index (κ3) is 3.36. The Bertz CT molecular complexity index is 321. The van der Waals surface area contributed by atoms with E-state index in [1.165, 1.54) is 0 Å². The van der Waals surface area contributed by atoms with Crippen LogP contribution in [0.25, 0.3) is 0 Å². The monoisotopic (exact) mass is 213 g/mol. The number of rotatable bonds is 5. The summed E-state index contributed by atoms with van der Waals surface area (Å²) in [5.41, 5.74) is 0. The summed E-state index contributed by atoms with van der Waals surface area (Å²) in [7, 11) is 0. The van der Waals surface area contributed by atoms with Crippen molar-refractivity contribution in [3.05, 3.63) is 11.7 Å². The molecular weight excluding hydrogens is 202 g/mol. The molecule has 1 N–H and O–H groups in total. The highest BCUT2D eigenvalue weighted by Crippen LogP contribution is 2.07. The van der Waals surface area contributed by atoms with Crippen molar-refractivity contribution in [1.29, 1.82) is 5.26 Å². The maximum atomic E-state index is 9.29. The average Bonchev–Trinajstić information content (AvgIpc) is 2.53. The molecule has 5 nitrogen and oxygen atoms in total. The Balaban J connectivity index is 2.47. The summed E-state index contributed by atoms with van der Waals surface area (Å²) < 4.78 is 4.89. The number of hydrogen-bond acceptors (Lipinski definition) is 6. The zero-order valence-electron chi connectivity index (χ0n) is 7.80. The Labute approximate surface area is 86.1 Å². The van der Waals surface area contributed by atoms with Crippen LogP contribution < -0.4 is 0 Å². The number of aliphatic hydroxyl groups excluding tert-OH is 1. The van der Waals surface area contributed by atoms with Crippen LogP contribution in [0.5, 0.6) is 0 Å². The van der Waals surface area contributed by atoms with Crippen molar-refractivity contribution >= 4 is 11.8 Å². The fourth-order valence-corrected chi connectivity index (χ4v) is 1.32. The first-order valence-electron chi connectivity index (χ1n) is 4.11. The molecule has 1 rings (SSSR count). The lowest BCUT2D eigenvalue weighted by atomic mass is 10.2. The van der Waals surface area contributed by atoms with E-state index in [9.17, 15) is 5.11 Å². The third-order valence-electron chi connectivity index (χ3n) is 1.52. The van der Waals surface area contributed by atoms with Gasteiger partial charge in [-0.1, -0.05) is 5.16 Å². The van der Waals surface area contributed by atoms with Crippen LogP contribution in [-0.4, -0.2) is 27.6 Å². The van der Waals surface area contributed by atoms with Gasteiger partial charge in [0.25, 0.3) is 0 Å². The maximum absolute atomic E-state index is 9.29. The molecule has 14 heavy (non-hydrogen) atoms. The highest BCUT2D eigenvalue weighted by molar-refractivity contribution is 7.97. The quantitative estimate of drug-likeness (QED) is 0.777. The topological polar surface area (TPSA) is 82.9 Å². The highest BCUT2D eigenvalue weighted by atomic mass is 32.2. The van der Waals surface area contributed by atoms with Gasteiger partial charge in [0.1, 0.15) is 0 Å². The Kier molecular flexibility index (Phi) is 4.43. The fraction of sp³-hybridized carbons (Fsp3) is 0.625. The molecule has 0 amide bonds. The molecule has 0 radical (unpaired) electrons. The van der Waals surface area contributed by atoms with Crippen LogP contribution in [-0.2, 0) is 12.2 Å². The lowest BCUT2D eigenvalue weighted by molar-refractivity contribution is 0.167. The molecule has 1 aromatic heterocycles. The molecule has 1 heterocycles. The number of thioether (sulfide) groups is 1. The summed E-state index contributed by atoms with van der Waals surface area (Å²) in [5.74, 6) is 1.70. The van der Waals surface area contributed by atoms with Crippen molar-refractivity contribution in [2.75, 3.05) is 6.26 Å². The van der Waals surface area contributed by atoms with Gasteiger partial charge in [0.15, 0.2) is 5.82 Å². The number of aromatic nitrogens is 2. The highest BCUT2D eigenvalue weighted by Gasteiger charge is 2.11. The summed E-state index contributed by atoms with van der Waals surface area (Å²) in [6, 6.07) is 1.88. The Morgan fingerprint density at radius 2 is 2.50 bits per heavy atom. The number of aliphatic hydroxyl groups is 1. The molecule has 0 aliphatic rings. The minimum atomic E-state index is -0.720. The summed E-state index contributed by atoms with van der Waals surface area (Å²) in [6.07, 6.45) is 1.55. The molecule has 0 fully saturated rings. The van der Waals surface area contributed by atoms with Crippen molar-refractivity contribution in [2.45, 2.75) is 24.7 Å². The molecule has 0 spiro atoms. The van der Waals surface area contributed by atoms with Gasteiger partial charge in [0, 0.05) is 0 Å². The molecular formula is C8H11N3O2S. The molecule has 76 valence electrons. The van der Waals surface area contributed by atoms with Crippen LogP contribution in [0, 0.1) is 11.3 Å². The van der Waals surface area contributed by atoms with E-state index in [-0.39, 0.29) is 12.8 Å². The van der Waals surface area contributed by atoms with Crippen molar-refractivity contribution < 1.29 is 9.63 Å². The van der Waals surface area contributed by atoms with Crippen molar-refractivity contribution in [1.82, 2.24) is 10.1 Å². The number of nitriles is 1. The summed E-state index contributed by atoms with van der Waals surface area (Å²) >= 11 is 1.60. The second-order valence-electron chi connectivity index (χ2n) is 2.76. The van der Waals surface area contributed by atoms with E-state index in [1.807, 2.05) is 12.3 Å². The van der Waals surface area contributed by atoms with E-state index in [1.54, 1.807) is 11.8 Å². The van der Waals surface area contributed by atoms with Crippen LogP contribution in [0.4, 0.5) is 0 Å². The van der Waals surface area contributed by atoms with Crippen LogP contribution in [0.2, 0.25) is 0 Å². The van der Waals surface area contributed by atoms with Crippen LogP contribution in [0.1, 0.15) is 18.1 Å². The molecule has 0 aliphatic heterocycles. The smallest absolute Gasteiger partial charge is 0.229 e. The van der Waals surface area contributed by atoms with Gasteiger partial charge >= 0.3 is 0 Å². The first kappa shape index (κ1) is 11.0. The predicted molar refractivity (Wildman–Crippen MR) is 51.5 cm³/mol. The number of nitrogens with zero attached hydrogens (tertiary/aromatic N) is 3. The summed E-state index contributed by atoms with van der Waals surface area (Å²) in [4.78, 5) is 4.05. The maximum Gasteiger partial charge on any atom is 0.229 e. The zero-order chi connectivity index (χ0) is 10.4. The third-order valence-corrected chi connectivity index (χ3v) is 2.07. The minimum absolute atomic E-state index is 0.0836. The van der Waals surface area contributed by atoms with E-state index in [4.69, 9.17) is 9.78 Å². The molecule has 0 bridgehead atoms. The van der Waals surface area contributed by atoms with Gasteiger partial charge in [-0.3, -0.25) is 0 Å². The largest absolute Gasteiger partial charge is 0.392 e. The molecule has 0 aromatic carbocycles. The van der Waals surface area contributed by atoms with Gasteiger partial charge in [0.2, 0.25) is 5.89 Å². The molecule has 0 saturated carbocycles. The average molecular weight is 213 g/mol. The van der Waals surface area contributed by atoms with E-state index in [2.05, 4.69) is 10.1 Å². The van der Waals surface area contributed by atoms with Crippen molar-refractivity contribution in [3.8, 4) is 6.07 Å². The first-order valence-corrected chi connectivity index (χ1v) is 5.51. The molecule has 1 unspecified atom stereocenters. The van der Waals surface area contributed by atoms with Crippen LogP contribution >= 0.6 is 11.8 Å².